The highest BCUT2D eigenvalue weighted by Crippen LogP contribution is 2.24. The standard InChI is InChI=1S/C17H23N3O3/c1-20(2)11-17-15(21)7-6-13(22-17)9-12-10-16(23-19-12)14-5-3-4-8-18-14/h3-5,8,10,13,15,17,21H,6-7,9,11H2,1-2H3/t13-,15-,17+/m0/s1. The van der Waals surface area contributed by atoms with Gasteiger partial charge in [0.25, 0.3) is 0 Å². The van der Waals surface area contributed by atoms with Gasteiger partial charge in [0.1, 0.15) is 5.69 Å². The SMILES string of the molecule is CN(C)C[C@H]1O[C@H](Cc2cc(-c3ccccn3)on2)CC[C@@H]1O. The van der Waals surface area contributed by atoms with Crippen LogP contribution in [-0.4, -0.2) is 59.1 Å². The second kappa shape index (κ2) is 7.21. The zero-order valence-corrected chi connectivity index (χ0v) is 13.6. The van der Waals surface area contributed by atoms with E-state index in [1.54, 1.807) is 6.20 Å². The van der Waals surface area contributed by atoms with Crippen molar-refractivity contribution in [2.75, 3.05) is 20.6 Å². The summed E-state index contributed by atoms with van der Waals surface area (Å²) < 4.78 is 11.4. The molecule has 1 aliphatic heterocycles. The quantitative estimate of drug-likeness (QED) is 0.906. The highest BCUT2D eigenvalue weighted by molar-refractivity contribution is 5.51. The molecule has 6 heteroatoms. The van der Waals surface area contributed by atoms with Crippen LogP contribution in [0.3, 0.4) is 0 Å². The number of hydrogen-bond acceptors (Lipinski definition) is 6. The van der Waals surface area contributed by atoms with Gasteiger partial charge < -0.3 is 19.3 Å². The van der Waals surface area contributed by atoms with Gasteiger partial charge in [0.05, 0.1) is 24.0 Å². The minimum Gasteiger partial charge on any atom is -0.390 e. The Labute approximate surface area is 136 Å². The molecular formula is C17H23N3O3. The molecule has 0 amide bonds. The third-order valence-electron chi connectivity index (χ3n) is 4.04. The maximum Gasteiger partial charge on any atom is 0.185 e. The molecule has 1 aliphatic rings. The number of nitrogens with zero attached hydrogens (tertiary/aromatic N) is 3. The summed E-state index contributed by atoms with van der Waals surface area (Å²) in [5.74, 6) is 0.668. The zero-order chi connectivity index (χ0) is 16.2. The minimum absolute atomic E-state index is 0.0602. The Morgan fingerprint density at radius 3 is 2.91 bits per heavy atom. The molecule has 3 atom stereocenters. The van der Waals surface area contributed by atoms with Crippen molar-refractivity contribution in [3.63, 3.8) is 0 Å². The summed E-state index contributed by atoms with van der Waals surface area (Å²) in [5.41, 5.74) is 1.63. The lowest BCUT2D eigenvalue weighted by Crippen LogP contribution is -2.45. The first-order valence-electron chi connectivity index (χ1n) is 7.97. The Hall–Kier alpha value is -1.76. The van der Waals surface area contributed by atoms with Crippen molar-refractivity contribution in [1.29, 1.82) is 0 Å². The van der Waals surface area contributed by atoms with Crippen LogP contribution in [0, 0.1) is 0 Å². The van der Waals surface area contributed by atoms with Crippen molar-refractivity contribution in [2.24, 2.45) is 0 Å². The molecule has 0 unspecified atom stereocenters. The van der Waals surface area contributed by atoms with Crippen LogP contribution in [0.4, 0.5) is 0 Å². The van der Waals surface area contributed by atoms with Crippen LogP contribution < -0.4 is 0 Å². The first-order chi connectivity index (χ1) is 11.1. The normalized spacial score (nSPS) is 25.0. The molecule has 2 aromatic heterocycles. The van der Waals surface area contributed by atoms with E-state index in [1.165, 1.54) is 0 Å². The monoisotopic (exact) mass is 317 g/mol. The highest BCUT2D eigenvalue weighted by Gasteiger charge is 2.30. The van der Waals surface area contributed by atoms with Crippen molar-refractivity contribution in [2.45, 2.75) is 37.6 Å². The summed E-state index contributed by atoms with van der Waals surface area (Å²) in [6.07, 6.45) is 3.53. The van der Waals surface area contributed by atoms with Gasteiger partial charge in [0, 0.05) is 25.2 Å². The van der Waals surface area contributed by atoms with Gasteiger partial charge in [-0.25, -0.2) is 0 Å². The van der Waals surface area contributed by atoms with Crippen LogP contribution in [0.5, 0.6) is 0 Å². The maximum atomic E-state index is 10.1. The van der Waals surface area contributed by atoms with E-state index in [-0.39, 0.29) is 12.2 Å². The van der Waals surface area contributed by atoms with Gasteiger partial charge >= 0.3 is 0 Å². The van der Waals surface area contributed by atoms with Crippen molar-refractivity contribution in [1.82, 2.24) is 15.0 Å². The fourth-order valence-corrected chi connectivity index (χ4v) is 2.89. The van der Waals surface area contributed by atoms with Crippen LogP contribution in [0.2, 0.25) is 0 Å². The molecule has 3 rings (SSSR count). The first-order valence-corrected chi connectivity index (χ1v) is 7.97. The van der Waals surface area contributed by atoms with Crippen LogP contribution >= 0.6 is 0 Å². The van der Waals surface area contributed by atoms with Crippen LogP contribution in [0.1, 0.15) is 18.5 Å². The predicted molar refractivity (Wildman–Crippen MR) is 85.9 cm³/mol. The average molecular weight is 317 g/mol. The van der Waals surface area contributed by atoms with Crippen molar-refractivity contribution in [3.05, 3.63) is 36.2 Å². The largest absolute Gasteiger partial charge is 0.390 e. The summed E-state index contributed by atoms with van der Waals surface area (Å²) in [7, 11) is 3.97. The molecule has 0 saturated carbocycles. The number of pyridine rings is 1. The second-order valence-corrected chi connectivity index (χ2v) is 6.31. The summed E-state index contributed by atoms with van der Waals surface area (Å²) in [5, 5.41) is 14.2. The minimum atomic E-state index is -0.393. The lowest BCUT2D eigenvalue weighted by Gasteiger charge is -2.35. The molecule has 1 fully saturated rings. The third kappa shape index (κ3) is 4.16. The molecule has 0 aliphatic carbocycles. The van der Waals surface area contributed by atoms with Gasteiger partial charge in [-0.3, -0.25) is 4.98 Å². The Balaban J connectivity index is 1.62. The number of rotatable bonds is 5. The van der Waals surface area contributed by atoms with E-state index >= 15 is 0 Å². The Kier molecular flexibility index (Phi) is 5.05. The van der Waals surface area contributed by atoms with Gasteiger partial charge in [0.2, 0.25) is 0 Å². The molecule has 0 aromatic carbocycles. The highest BCUT2D eigenvalue weighted by atomic mass is 16.5. The second-order valence-electron chi connectivity index (χ2n) is 6.31. The number of aliphatic hydroxyl groups excluding tert-OH is 1. The first kappa shape index (κ1) is 16.1. The molecule has 124 valence electrons. The maximum absolute atomic E-state index is 10.1. The lowest BCUT2D eigenvalue weighted by atomic mass is 9.98. The summed E-state index contributed by atoms with van der Waals surface area (Å²) in [6.45, 7) is 0.718. The van der Waals surface area contributed by atoms with E-state index in [4.69, 9.17) is 9.26 Å². The number of aliphatic hydroxyl groups is 1. The van der Waals surface area contributed by atoms with Gasteiger partial charge in [-0.1, -0.05) is 11.2 Å². The number of likely N-dealkylation sites (N-methyl/N-ethyl adjacent to an activating group) is 1. The van der Waals surface area contributed by atoms with E-state index in [9.17, 15) is 5.11 Å². The van der Waals surface area contributed by atoms with E-state index in [2.05, 4.69) is 10.1 Å². The van der Waals surface area contributed by atoms with Gasteiger partial charge in [-0.15, -0.1) is 0 Å². The van der Waals surface area contributed by atoms with E-state index in [0.29, 0.717) is 12.2 Å². The summed E-state index contributed by atoms with van der Waals surface area (Å²) in [4.78, 5) is 6.29. The smallest absolute Gasteiger partial charge is 0.185 e. The van der Waals surface area contributed by atoms with Crippen molar-refractivity contribution >= 4 is 0 Å². The van der Waals surface area contributed by atoms with Crippen LogP contribution in [-0.2, 0) is 11.2 Å². The number of ether oxygens (including phenoxy) is 1. The van der Waals surface area contributed by atoms with Gasteiger partial charge in [0.15, 0.2) is 5.76 Å². The van der Waals surface area contributed by atoms with Crippen molar-refractivity contribution < 1.29 is 14.4 Å². The number of hydrogen-bond donors (Lipinski definition) is 1. The molecule has 1 saturated heterocycles. The third-order valence-corrected chi connectivity index (χ3v) is 4.04. The van der Waals surface area contributed by atoms with Crippen molar-refractivity contribution in [3.8, 4) is 11.5 Å². The van der Waals surface area contributed by atoms with Crippen LogP contribution in [0.25, 0.3) is 11.5 Å². The Morgan fingerprint density at radius 1 is 1.30 bits per heavy atom. The topological polar surface area (TPSA) is 71.6 Å². The molecule has 6 nitrogen and oxygen atoms in total. The average Bonchev–Trinajstić information content (AvgIpc) is 2.99. The predicted octanol–water partition coefficient (Wildman–Crippen LogP) is 1.75. The van der Waals surface area contributed by atoms with E-state index < -0.39 is 6.10 Å². The van der Waals surface area contributed by atoms with Gasteiger partial charge in [-0.05, 0) is 39.1 Å². The van der Waals surface area contributed by atoms with E-state index in [0.717, 1.165) is 30.8 Å². The molecule has 23 heavy (non-hydrogen) atoms. The molecule has 0 radical (unpaired) electrons. The van der Waals surface area contributed by atoms with Gasteiger partial charge in [-0.2, -0.15) is 0 Å². The number of aromatic nitrogens is 2. The summed E-state index contributed by atoms with van der Waals surface area (Å²) in [6, 6.07) is 7.59. The van der Waals surface area contributed by atoms with E-state index in [1.807, 2.05) is 43.3 Å². The molecule has 3 heterocycles. The fraction of sp³-hybridized carbons (Fsp3) is 0.529. The Bertz CT molecular complexity index is 615. The molecular weight excluding hydrogens is 294 g/mol. The van der Waals surface area contributed by atoms with Crippen LogP contribution in [0.15, 0.2) is 35.0 Å². The zero-order valence-electron chi connectivity index (χ0n) is 13.6. The molecule has 2 aromatic rings. The lowest BCUT2D eigenvalue weighted by molar-refractivity contribution is -0.122. The molecule has 0 bridgehead atoms. The summed E-state index contributed by atoms with van der Waals surface area (Å²) >= 11 is 0. The molecule has 0 spiro atoms. The Morgan fingerprint density at radius 2 is 2.17 bits per heavy atom. The molecule has 1 N–H and O–H groups in total. The fourth-order valence-electron chi connectivity index (χ4n) is 2.89.